The third-order valence-electron chi connectivity index (χ3n) is 16.1. The lowest BCUT2D eigenvalue weighted by molar-refractivity contribution is 0.590. The van der Waals surface area contributed by atoms with Crippen molar-refractivity contribution in [2.75, 3.05) is 4.90 Å². The molecule has 0 atom stereocenters. The van der Waals surface area contributed by atoms with Gasteiger partial charge in [0.05, 0.1) is 28.1 Å². The highest BCUT2D eigenvalue weighted by Gasteiger charge is 2.46. The predicted molar refractivity (Wildman–Crippen MR) is 300 cm³/mol. The van der Waals surface area contributed by atoms with Crippen molar-refractivity contribution >= 4 is 78.4 Å². The lowest BCUT2D eigenvalue weighted by atomic mass is 9.44. The topological polar surface area (TPSA) is 13.1 Å². The van der Waals surface area contributed by atoms with Crippen molar-refractivity contribution in [3.05, 3.63) is 193 Å². The van der Waals surface area contributed by atoms with Crippen molar-refractivity contribution in [3.8, 4) is 50.2 Å². The zero-order valence-electron chi connectivity index (χ0n) is 41.7. The van der Waals surface area contributed by atoms with E-state index in [9.17, 15) is 0 Å². The Labute approximate surface area is 411 Å². The summed E-state index contributed by atoms with van der Waals surface area (Å²) < 4.78 is 5.27. The first-order valence-corrected chi connectivity index (χ1v) is 25.2. The predicted octanol–water partition coefficient (Wildman–Crippen LogP) is 16.5. The molecule has 11 aromatic rings. The summed E-state index contributed by atoms with van der Waals surface area (Å²) in [4.78, 5) is 2.64. The summed E-state index contributed by atoms with van der Waals surface area (Å²) in [5.74, 6) is 0. The van der Waals surface area contributed by atoms with Crippen molar-refractivity contribution in [2.45, 2.75) is 78.6 Å². The van der Waals surface area contributed by atoms with Gasteiger partial charge in [-0.2, -0.15) is 0 Å². The average molecular weight is 902 g/mol. The van der Waals surface area contributed by atoms with E-state index in [-0.39, 0.29) is 23.1 Å². The standard InChI is InChI=1S/C66H56BN3/c1-64(2,3)45-25-18-39(19-26-45)42-24-33-56-50(34-42)52-36-43(40-20-27-46(28-21-40)65(4,5)6)37-53-51-35-44(41-22-29-47(30-23-41)66(7,8)9)38-59-60(51)67(70(56)61(52)53)54-32-31-49-48-14-10-11-15-55(48)68-57-16-12-13-17-58(57)69(59)63(54)62(49)68/h10-38H,1-9H3. The highest BCUT2D eigenvalue weighted by atomic mass is 15.2. The number of hydrogen-bond donors (Lipinski definition) is 0. The number of para-hydroxylation sites is 3. The fraction of sp³-hybridized carbons (Fsp3) is 0.182. The molecule has 0 radical (unpaired) electrons. The minimum Gasteiger partial charge on any atom is -0.375 e. The van der Waals surface area contributed by atoms with E-state index >= 15 is 0 Å². The van der Waals surface area contributed by atoms with Gasteiger partial charge < -0.3 is 13.9 Å². The first-order chi connectivity index (χ1) is 33.6. The molecule has 5 heterocycles. The molecular formula is C66H56BN3. The van der Waals surface area contributed by atoms with Crippen LogP contribution in [0, 0.1) is 0 Å². The molecule has 338 valence electrons. The molecule has 0 amide bonds. The summed E-state index contributed by atoms with van der Waals surface area (Å²) in [6.45, 7) is 20.6. The maximum Gasteiger partial charge on any atom is 0.333 e. The second kappa shape index (κ2) is 14.0. The average Bonchev–Trinajstić information content (AvgIpc) is 3.88. The molecule has 0 aliphatic carbocycles. The van der Waals surface area contributed by atoms with Crippen LogP contribution in [0.3, 0.4) is 0 Å². The molecule has 3 nitrogen and oxygen atoms in total. The summed E-state index contributed by atoms with van der Waals surface area (Å²) >= 11 is 0. The fourth-order valence-corrected chi connectivity index (χ4v) is 12.4. The molecule has 70 heavy (non-hydrogen) atoms. The molecular weight excluding hydrogens is 846 g/mol. The van der Waals surface area contributed by atoms with Gasteiger partial charge in [0.25, 0.3) is 0 Å². The molecule has 0 saturated carbocycles. The Bertz CT molecular complexity index is 4030. The lowest BCUT2D eigenvalue weighted by Crippen LogP contribution is -2.57. The Morgan fingerprint density at radius 3 is 1.51 bits per heavy atom. The molecule has 0 unspecified atom stereocenters. The van der Waals surface area contributed by atoms with Gasteiger partial charge in [-0.05, 0) is 137 Å². The van der Waals surface area contributed by atoms with Gasteiger partial charge in [-0.15, -0.1) is 0 Å². The third kappa shape index (κ3) is 5.77. The van der Waals surface area contributed by atoms with Gasteiger partial charge in [-0.3, -0.25) is 0 Å². The number of benzene rings is 9. The molecule has 0 bridgehead atoms. The minimum absolute atomic E-state index is 0.0545. The van der Waals surface area contributed by atoms with Crippen molar-refractivity contribution in [3.63, 3.8) is 0 Å². The van der Waals surface area contributed by atoms with Gasteiger partial charge >= 0.3 is 6.85 Å². The summed E-state index contributed by atoms with van der Waals surface area (Å²) in [5.41, 5.74) is 26.9. The van der Waals surface area contributed by atoms with Gasteiger partial charge in [0.1, 0.15) is 0 Å². The Hall–Kier alpha value is -7.56. The summed E-state index contributed by atoms with van der Waals surface area (Å²) in [6, 6.07) is 68.2. The van der Waals surface area contributed by atoms with Crippen LogP contribution in [0.1, 0.15) is 79.0 Å². The van der Waals surface area contributed by atoms with Crippen LogP contribution in [-0.2, 0) is 16.2 Å². The SMILES string of the molecule is CC(C)(C)c1ccc(-c2cc3c4c(c2)N2c5ccccc5-n5c6ccccc6c6ccc(c2c65)B4n2c4ccc(-c5ccc(C(C)(C)C)cc5)cc4c4cc(-c5ccc(C(C)(C)C)cc5)cc-3c42)cc1. The Morgan fingerprint density at radius 2 is 0.886 bits per heavy atom. The van der Waals surface area contributed by atoms with Gasteiger partial charge in [0.2, 0.25) is 0 Å². The zero-order valence-corrected chi connectivity index (χ0v) is 41.7. The van der Waals surface area contributed by atoms with E-state index in [1.54, 1.807) is 0 Å². The Balaban J connectivity index is 1.12. The second-order valence-corrected chi connectivity index (χ2v) is 23.4. The van der Waals surface area contributed by atoms with Gasteiger partial charge in [0, 0.05) is 43.8 Å². The normalized spacial score (nSPS) is 13.7. The molecule has 2 aromatic heterocycles. The molecule has 14 rings (SSSR count). The summed E-state index contributed by atoms with van der Waals surface area (Å²) in [7, 11) is 0. The van der Waals surface area contributed by atoms with Crippen molar-refractivity contribution in [1.82, 2.24) is 9.05 Å². The van der Waals surface area contributed by atoms with E-state index in [1.807, 2.05) is 0 Å². The first kappa shape index (κ1) is 41.4. The fourth-order valence-electron chi connectivity index (χ4n) is 12.4. The van der Waals surface area contributed by atoms with E-state index in [0.717, 1.165) is 0 Å². The van der Waals surface area contributed by atoms with Crippen molar-refractivity contribution in [1.29, 1.82) is 0 Å². The second-order valence-electron chi connectivity index (χ2n) is 23.4. The van der Waals surface area contributed by atoms with Crippen LogP contribution in [-0.4, -0.2) is 15.9 Å². The van der Waals surface area contributed by atoms with E-state index in [1.165, 1.54) is 138 Å². The Morgan fingerprint density at radius 1 is 0.357 bits per heavy atom. The van der Waals surface area contributed by atoms with Crippen LogP contribution in [0.2, 0.25) is 0 Å². The largest absolute Gasteiger partial charge is 0.375 e. The molecule has 3 aliphatic rings. The molecule has 0 N–H and O–H groups in total. The van der Waals surface area contributed by atoms with Crippen LogP contribution in [0.5, 0.6) is 0 Å². The van der Waals surface area contributed by atoms with E-state index in [0.29, 0.717) is 0 Å². The molecule has 0 saturated heterocycles. The highest BCUT2D eigenvalue weighted by Crippen LogP contribution is 2.54. The Kier molecular flexibility index (Phi) is 8.31. The smallest absolute Gasteiger partial charge is 0.333 e. The molecule has 3 aliphatic heterocycles. The summed E-state index contributed by atoms with van der Waals surface area (Å²) in [5, 5.41) is 5.14. The van der Waals surface area contributed by atoms with E-state index < -0.39 is 0 Å². The first-order valence-electron chi connectivity index (χ1n) is 25.2. The zero-order chi connectivity index (χ0) is 47.7. The van der Waals surface area contributed by atoms with E-state index in [4.69, 9.17) is 0 Å². The minimum atomic E-state index is -0.0731. The molecule has 0 fully saturated rings. The number of rotatable bonds is 3. The monoisotopic (exact) mass is 901 g/mol. The highest BCUT2D eigenvalue weighted by molar-refractivity contribution is 6.90. The molecule has 9 aromatic carbocycles. The van der Waals surface area contributed by atoms with Crippen molar-refractivity contribution < 1.29 is 0 Å². The van der Waals surface area contributed by atoms with E-state index in [2.05, 4.69) is 252 Å². The van der Waals surface area contributed by atoms with Crippen molar-refractivity contribution in [2.24, 2.45) is 0 Å². The third-order valence-corrected chi connectivity index (χ3v) is 16.1. The summed E-state index contributed by atoms with van der Waals surface area (Å²) in [6.07, 6.45) is 0. The number of aromatic nitrogens is 2. The lowest BCUT2D eigenvalue weighted by Gasteiger charge is -2.43. The van der Waals surface area contributed by atoms with Crippen LogP contribution >= 0.6 is 0 Å². The maximum atomic E-state index is 2.73. The van der Waals surface area contributed by atoms with Crippen LogP contribution in [0.15, 0.2) is 176 Å². The number of anilines is 3. The van der Waals surface area contributed by atoms with Crippen LogP contribution in [0.4, 0.5) is 17.1 Å². The number of nitrogens with zero attached hydrogens (tertiary/aromatic N) is 3. The molecule has 4 heteroatoms. The maximum absolute atomic E-state index is 2.73. The quantitative estimate of drug-likeness (QED) is 0.161. The number of hydrogen-bond acceptors (Lipinski definition) is 1. The van der Waals surface area contributed by atoms with Crippen LogP contribution in [0.25, 0.3) is 93.8 Å². The molecule has 0 spiro atoms. The van der Waals surface area contributed by atoms with Crippen LogP contribution < -0.4 is 15.8 Å². The number of fused-ring (bicyclic) bond motifs is 13. The van der Waals surface area contributed by atoms with Gasteiger partial charge in [-0.1, -0.05) is 184 Å². The van der Waals surface area contributed by atoms with Gasteiger partial charge in [0.15, 0.2) is 0 Å². The van der Waals surface area contributed by atoms with Gasteiger partial charge in [-0.25, -0.2) is 0 Å².